The lowest BCUT2D eigenvalue weighted by atomic mass is 10.1. The number of aromatic nitrogens is 4. The Hall–Kier alpha value is -2.96. The molecule has 5 rings (SSSR count). The summed E-state index contributed by atoms with van der Waals surface area (Å²) in [7, 11) is 0. The molecular formula is C18H18N6O. The van der Waals surface area contributed by atoms with E-state index in [1.807, 2.05) is 4.90 Å². The minimum atomic E-state index is -0.0253. The maximum absolute atomic E-state index is 13.0. The third-order valence-electron chi connectivity index (χ3n) is 5.14. The van der Waals surface area contributed by atoms with Crippen molar-refractivity contribution < 1.29 is 4.79 Å². The summed E-state index contributed by atoms with van der Waals surface area (Å²) in [5.74, 6) is -0.0253. The predicted molar refractivity (Wildman–Crippen MR) is 93.5 cm³/mol. The highest BCUT2D eigenvalue weighted by Crippen LogP contribution is 2.33. The minimum Gasteiger partial charge on any atom is -0.366 e. The van der Waals surface area contributed by atoms with E-state index in [0.29, 0.717) is 22.9 Å². The number of nitrogens with zero attached hydrogens (tertiary/aromatic N) is 5. The first-order valence-corrected chi connectivity index (χ1v) is 8.61. The number of rotatable bonds is 1. The van der Waals surface area contributed by atoms with Gasteiger partial charge in [-0.15, -0.1) is 5.10 Å². The molecule has 7 heteroatoms. The Kier molecular flexibility index (Phi) is 3.19. The van der Waals surface area contributed by atoms with Gasteiger partial charge < -0.3 is 9.80 Å². The van der Waals surface area contributed by atoms with E-state index in [1.165, 1.54) is 11.3 Å². The van der Waals surface area contributed by atoms with E-state index in [2.05, 4.69) is 49.6 Å². The Labute approximate surface area is 144 Å². The number of carbonyl (C=O) groups is 1. The summed E-state index contributed by atoms with van der Waals surface area (Å²) in [6.45, 7) is 2.47. The number of pyridine rings is 1. The maximum atomic E-state index is 13.0. The van der Waals surface area contributed by atoms with Gasteiger partial charge in [-0.25, -0.2) is 4.98 Å². The van der Waals surface area contributed by atoms with Crippen LogP contribution in [0.15, 0.2) is 36.4 Å². The zero-order valence-electron chi connectivity index (χ0n) is 13.7. The van der Waals surface area contributed by atoms with Gasteiger partial charge in [-0.1, -0.05) is 18.2 Å². The molecule has 0 aliphatic carbocycles. The van der Waals surface area contributed by atoms with Crippen LogP contribution in [0.2, 0.25) is 0 Å². The van der Waals surface area contributed by atoms with Crippen molar-refractivity contribution in [1.82, 2.24) is 25.3 Å². The van der Waals surface area contributed by atoms with Crippen LogP contribution in [-0.4, -0.2) is 56.9 Å². The topological polar surface area (TPSA) is 78.0 Å². The maximum Gasteiger partial charge on any atom is 0.272 e. The third-order valence-corrected chi connectivity index (χ3v) is 5.14. The second kappa shape index (κ2) is 5.54. The number of carbonyl (C=O) groups excluding carboxylic acids is 1. The molecule has 1 unspecified atom stereocenters. The van der Waals surface area contributed by atoms with Crippen molar-refractivity contribution in [2.24, 2.45) is 0 Å². The lowest BCUT2D eigenvalue weighted by Gasteiger charge is -2.27. The van der Waals surface area contributed by atoms with Gasteiger partial charge in [-0.3, -0.25) is 4.79 Å². The number of anilines is 1. The number of benzene rings is 1. The van der Waals surface area contributed by atoms with Crippen LogP contribution >= 0.6 is 0 Å². The molecule has 2 aromatic heterocycles. The molecule has 0 spiro atoms. The smallest absolute Gasteiger partial charge is 0.272 e. The van der Waals surface area contributed by atoms with Crippen molar-refractivity contribution in [3.8, 4) is 0 Å². The lowest BCUT2D eigenvalue weighted by Crippen LogP contribution is -2.41. The molecule has 1 amide bonds. The van der Waals surface area contributed by atoms with Crippen LogP contribution in [0.1, 0.15) is 22.5 Å². The fourth-order valence-corrected chi connectivity index (χ4v) is 3.97. The van der Waals surface area contributed by atoms with Gasteiger partial charge in [0.2, 0.25) is 5.65 Å². The Balaban J connectivity index is 1.41. The first kappa shape index (κ1) is 14.4. The Morgan fingerprint density at radius 1 is 1.12 bits per heavy atom. The highest BCUT2D eigenvalue weighted by Gasteiger charge is 2.34. The van der Waals surface area contributed by atoms with Crippen LogP contribution in [0.4, 0.5) is 5.69 Å². The van der Waals surface area contributed by atoms with E-state index in [-0.39, 0.29) is 5.91 Å². The lowest BCUT2D eigenvalue weighted by molar-refractivity contribution is 0.0750. The highest BCUT2D eigenvalue weighted by atomic mass is 16.2. The molecule has 3 aromatic rings. The first-order valence-electron chi connectivity index (χ1n) is 8.61. The van der Waals surface area contributed by atoms with Crippen LogP contribution in [0.25, 0.3) is 11.2 Å². The largest absolute Gasteiger partial charge is 0.366 e. The van der Waals surface area contributed by atoms with Crippen LogP contribution < -0.4 is 4.90 Å². The van der Waals surface area contributed by atoms with Gasteiger partial charge >= 0.3 is 0 Å². The average molecular weight is 334 g/mol. The van der Waals surface area contributed by atoms with E-state index >= 15 is 0 Å². The van der Waals surface area contributed by atoms with Crippen molar-refractivity contribution in [3.05, 3.63) is 47.7 Å². The van der Waals surface area contributed by atoms with Crippen molar-refractivity contribution in [2.75, 3.05) is 24.5 Å². The molecule has 1 saturated heterocycles. The number of H-pyrrole nitrogens is 1. The van der Waals surface area contributed by atoms with Gasteiger partial charge in [-0.05, 0) is 36.6 Å². The molecular weight excluding hydrogens is 316 g/mol. The molecule has 0 saturated carbocycles. The van der Waals surface area contributed by atoms with Crippen LogP contribution in [0.5, 0.6) is 0 Å². The normalized spacial score (nSPS) is 19.6. The molecule has 0 radical (unpaired) electrons. The number of nitrogens with one attached hydrogen (secondary N) is 1. The number of aromatic amines is 1. The van der Waals surface area contributed by atoms with Crippen molar-refractivity contribution in [2.45, 2.75) is 18.9 Å². The zero-order valence-corrected chi connectivity index (χ0v) is 13.7. The fourth-order valence-electron chi connectivity index (χ4n) is 3.97. The van der Waals surface area contributed by atoms with Crippen LogP contribution in [-0.2, 0) is 6.42 Å². The van der Waals surface area contributed by atoms with E-state index in [1.54, 1.807) is 12.1 Å². The molecule has 1 N–H and O–H groups in total. The number of hydrogen-bond acceptors (Lipinski definition) is 5. The van der Waals surface area contributed by atoms with E-state index < -0.39 is 0 Å². The van der Waals surface area contributed by atoms with E-state index in [0.717, 1.165) is 32.5 Å². The summed E-state index contributed by atoms with van der Waals surface area (Å²) in [4.78, 5) is 21.7. The molecule has 25 heavy (non-hydrogen) atoms. The second-order valence-corrected chi connectivity index (χ2v) is 6.65. The molecule has 1 aromatic carbocycles. The van der Waals surface area contributed by atoms with E-state index in [9.17, 15) is 4.79 Å². The quantitative estimate of drug-likeness (QED) is 0.732. The number of hydrogen-bond donors (Lipinski definition) is 1. The van der Waals surface area contributed by atoms with Gasteiger partial charge in [0.1, 0.15) is 11.2 Å². The Morgan fingerprint density at radius 2 is 2.04 bits per heavy atom. The van der Waals surface area contributed by atoms with Crippen LogP contribution in [0.3, 0.4) is 0 Å². The summed E-state index contributed by atoms with van der Waals surface area (Å²) in [5.41, 5.74) is 4.29. The van der Waals surface area contributed by atoms with Gasteiger partial charge in [0.05, 0.1) is 6.04 Å². The van der Waals surface area contributed by atoms with Crippen molar-refractivity contribution in [3.63, 3.8) is 0 Å². The summed E-state index contributed by atoms with van der Waals surface area (Å²) in [6, 6.07) is 12.4. The molecule has 126 valence electrons. The SMILES string of the molecule is O=C(c1ccc2n[nH]nc2n1)N1CCCN2c3ccccc3CC2C1. The summed E-state index contributed by atoms with van der Waals surface area (Å²) in [5, 5.41) is 10.5. The number of fused-ring (bicyclic) bond motifs is 4. The average Bonchev–Trinajstić information content (AvgIpc) is 3.18. The monoisotopic (exact) mass is 334 g/mol. The second-order valence-electron chi connectivity index (χ2n) is 6.65. The molecule has 2 aliphatic rings. The summed E-state index contributed by atoms with van der Waals surface area (Å²) < 4.78 is 0. The summed E-state index contributed by atoms with van der Waals surface area (Å²) in [6.07, 6.45) is 1.96. The molecule has 2 aliphatic heterocycles. The van der Waals surface area contributed by atoms with Crippen molar-refractivity contribution in [1.29, 1.82) is 0 Å². The first-order chi connectivity index (χ1) is 12.3. The number of amides is 1. The zero-order chi connectivity index (χ0) is 16.8. The highest BCUT2D eigenvalue weighted by molar-refractivity contribution is 5.94. The number of para-hydroxylation sites is 1. The predicted octanol–water partition coefficient (Wildman–Crippen LogP) is 1.63. The fraction of sp³-hybridized carbons (Fsp3) is 0.333. The van der Waals surface area contributed by atoms with Crippen LogP contribution in [0, 0.1) is 0 Å². The van der Waals surface area contributed by atoms with Crippen molar-refractivity contribution >= 4 is 22.8 Å². The molecule has 0 bridgehead atoms. The standard InChI is InChI=1S/C18H18N6O/c25-18(15-7-6-14-17(19-15)21-22-20-14)23-8-3-9-24-13(11-23)10-12-4-1-2-5-16(12)24/h1-2,4-7,13H,3,8-11H2,(H,19,20,21,22). The minimum absolute atomic E-state index is 0.0253. The molecule has 1 atom stereocenters. The Bertz CT molecular complexity index is 951. The summed E-state index contributed by atoms with van der Waals surface area (Å²) >= 11 is 0. The van der Waals surface area contributed by atoms with E-state index in [4.69, 9.17) is 0 Å². The molecule has 1 fully saturated rings. The molecule has 4 heterocycles. The van der Waals surface area contributed by atoms with Gasteiger partial charge in [-0.2, -0.15) is 10.3 Å². The van der Waals surface area contributed by atoms with Gasteiger partial charge in [0, 0.05) is 25.3 Å². The Morgan fingerprint density at radius 3 is 3.00 bits per heavy atom. The molecule has 7 nitrogen and oxygen atoms in total. The van der Waals surface area contributed by atoms with Gasteiger partial charge in [0.15, 0.2) is 0 Å². The third kappa shape index (κ3) is 2.34. The van der Waals surface area contributed by atoms with Gasteiger partial charge in [0.25, 0.3) is 5.91 Å².